The molecule has 180 valence electrons. The molecule has 0 atom stereocenters. The highest BCUT2D eigenvalue weighted by molar-refractivity contribution is 7.99. The molecule has 3 aromatic carbocycles. The second-order valence-electron chi connectivity index (χ2n) is 7.66. The van der Waals surface area contributed by atoms with Gasteiger partial charge in [0.25, 0.3) is 17.2 Å². The smallest absolute Gasteiger partial charge is 0.272 e. The number of hydrazone groups is 1. The van der Waals surface area contributed by atoms with Gasteiger partial charge < -0.3 is 0 Å². The van der Waals surface area contributed by atoms with Gasteiger partial charge >= 0.3 is 0 Å². The molecule has 0 radical (unpaired) electrons. The zero-order valence-corrected chi connectivity index (χ0v) is 20.0. The molecule has 1 aromatic heterocycles. The number of amides is 1. The lowest BCUT2D eigenvalue weighted by molar-refractivity contribution is -0.385. The van der Waals surface area contributed by atoms with Crippen LogP contribution >= 0.6 is 11.8 Å². The van der Waals surface area contributed by atoms with Crippen molar-refractivity contribution < 1.29 is 9.72 Å². The average Bonchev–Trinajstić information content (AvgIpc) is 2.88. The Morgan fingerprint density at radius 3 is 2.61 bits per heavy atom. The Morgan fingerprint density at radius 1 is 1.11 bits per heavy atom. The minimum atomic E-state index is -0.465. The highest BCUT2D eigenvalue weighted by Crippen LogP contribution is 2.22. The van der Waals surface area contributed by atoms with Crippen LogP contribution in [0.4, 0.5) is 5.69 Å². The predicted octanol–water partition coefficient (Wildman–Crippen LogP) is 4.51. The third-order valence-electron chi connectivity index (χ3n) is 5.13. The number of nitrogens with zero attached hydrogens (tertiary/aromatic N) is 4. The Balaban J connectivity index is 1.47. The van der Waals surface area contributed by atoms with Crippen LogP contribution < -0.4 is 11.0 Å². The van der Waals surface area contributed by atoms with Gasteiger partial charge in [0.2, 0.25) is 0 Å². The number of nitrogens with one attached hydrogen (secondary N) is 1. The summed E-state index contributed by atoms with van der Waals surface area (Å²) in [5.74, 6) is -0.421. The van der Waals surface area contributed by atoms with Crippen molar-refractivity contribution in [2.24, 2.45) is 5.10 Å². The number of nitro benzene ring substituents is 1. The van der Waals surface area contributed by atoms with Crippen molar-refractivity contribution in [1.82, 2.24) is 15.0 Å². The van der Waals surface area contributed by atoms with Crippen LogP contribution in [0.3, 0.4) is 0 Å². The molecule has 9 nitrogen and oxygen atoms in total. The number of thioether (sulfide) groups is 1. The number of fused-ring (bicyclic) bond motifs is 1. The highest BCUT2D eigenvalue weighted by Gasteiger charge is 2.14. The number of carbonyl (C=O) groups is 1. The zero-order valence-electron chi connectivity index (χ0n) is 19.2. The molecule has 0 saturated heterocycles. The zero-order chi connectivity index (χ0) is 25.5. The van der Waals surface area contributed by atoms with E-state index in [1.54, 1.807) is 42.5 Å². The summed E-state index contributed by atoms with van der Waals surface area (Å²) >= 11 is 1.12. The van der Waals surface area contributed by atoms with Gasteiger partial charge in [-0.1, -0.05) is 53.7 Å². The lowest BCUT2D eigenvalue weighted by Crippen LogP contribution is -2.24. The van der Waals surface area contributed by atoms with E-state index in [-0.39, 0.29) is 17.0 Å². The minimum absolute atomic E-state index is 0.0231. The minimum Gasteiger partial charge on any atom is -0.272 e. The van der Waals surface area contributed by atoms with E-state index >= 15 is 0 Å². The fraction of sp³-hybridized carbons (Fsp3) is 0.0769. The number of aryl methyl sites for hydroxylation is 1. The number of benzene rings is 3. The third kappa shape index (κ3) is 5.73. The number of rotatable bonds is 8. The van der Waals surface area contributed by atoms with Gasteiger partial charge in [-0.3, -0.25) is 24.3 Å². The maximum absolute atomic E-state index is 13.2. The molecule has 0 unspecified atom stereocenters. The van der Waals surface area contributed by atoms with Crippen molar-refractivity contribution >= 4 is 46.5 Å². The quantitative estimate of drug-likeness (QED) is 0.125. The first-order chi connectivity index (χ1) is 17.4. The molecule has 1 amide bonds. The molecule has 0 aliphatic heterocycles. The van der Waals surface area contributed by atoms with Crippen molar-refractivity contribution in [2.45, 2.75) is 12.1 Å². The summed E-state index contributed by atoms with van der Waals surface area (Å²) in [4.78, 5) is 40.8. The van der Waals surface area contributed by atoms with Crippen LogP contribution in [0.25, 0.3) is 22.7 Å². The Morgan fingerprint density at radius 2 is 1.83 bits per heavy atom. The Bertz CT molecular complexity index is 1540. The number of aromatic nitrogens is 2. The second-order valence-corrected chi connectivity index (χ2v) is 8.61. The molecule has 4 rings (SSSR count). The number of allylic oxidation sites excluding steroid dienone is 1. The Kier molecular flexibility index (Phi) is 7.66. The maximum atomic E-state index is 13.2. The van der Waals surface area contributed by atoms with Crippen molar-refractivity contribution in [1.29, 1.82) is 0 Å². The first kappa shape index (κ1) is 24.6. The molecule has 0 aliphatic carbocycles. The lowest BCUT2D eigenvalue weighted by Gasteiger charge is -2.13. The normalized spacial score (nSPS) is 11.4. The molecule has 4 aromatic rings. The molecule has 0 spiro atoms. The van der Waals surface area contributed by atoms with Crippen molar-refractivity contribution in [3.05, 3.63) is 110 Å². The van der Waals surface area contributed by atoms with Gasteiger partial charge in [-0.15, -0.1) is 0 Å². The summed E-state index contributed by atoms with van der Waals surface area (Å²) in [6.07, 6.45) is 4.35. The van der Waals surface area contributed by atoms with Crippen LogP contribution in [0.5, 0.6) is 0 Å². The van der Waals surface area contributed by atoms with E-state index in [9.17, 15) is 19.7 Å². The number of hydrogen-bond acceptors (Lipinski definition) is 7. The van der Waals surface area contributed by atoms with E-state index in [0.29, 0.717) is 27.3 Å². The summed E-state index contributed by atoms with van der Waals surface area (Å²) in [6.45, 7) is 1.96. The van der Waals surface area contributed by atoms with Gasteiger partial charge in [-0.2, -0.15) is 5.10 Å². The third-order valence-corrected chi connectivity index (χ3v) is 6.07. The van der Waals surface area contributed by atoms with E-state index in [0.717, 1.165) is 17.3 Å². The van der Waals surface area contributed by atoms with E-state index in [2.05, 4.69) is 15.5 Å². The number of hydrogen-bond donors (Lipinski definition) is 1. The molecule has 10 heteroatoms. The number of nitro groups is 1. The van der Waals surface area contributed by atoms with Gasteiger partial charge in [-0.25, -0.2) is 10.4 Å². The van der Waals surface area contributed by atoms with Gasteiger partial charge in [0.15, 0.2) is 5.16 Å². The molecule has 0 fully saturated rings. The van der Waals surface area contributed by atoms with E-state index in [1.165, 1.54) is 29.0 Å². The lowest BCUT2D eigenvalue weighted by atomic mass is 10.2. The largest absolute Gasteiger partial charge is 0.276 e. The Hall–Kier alpha value is -4.57. The van der Waals surface area contributed by atoms with E-state index in [1.807, 2.05) is 31.2 Å². The summed E-state index contributed by atoms with van der Waals surface area (Å²) < 4.78 is 1.50. The number of carbonyl (C=O) groups excluding carboxylic acids is 1. The molecular formula is C26H21N5O4S. The van der Waals surface area contributed by atoms with Crippen LogP contribution in [0.1, 0.15) is 11.1 Å². The molecule has 36 heavy (non-hydrogen) atoms. The summed E-state index contributed by atoms with van der Waals surface area (Å²) in [6, 6.07) is 20.9. The summed E-state index contributed by atoms with van der Waals surface area (Å²) in [5.41, 5.74) is 4.85. The summed E-state index contributed by atoms with van der Waals surface area (Å²) in [7, 11) is 0. The fourth-order valence-corrected chi connectivity index (χ4v) is 4.19. The van der Waals surface area contributed by atoms with Crippen LogP contribution in [0.15, 0.2) is 93.9 Å². The second kappa shape index (κ2) is 11.2. The highest BCUT2D eigenvalue weighted by atomic mass is 32.2. The van der Waals surface area contributed by atoms with Crippen molar-refractivity contribution in [2.75, 3.05) is 5.75 Å². The van der Waals surface area contributed by atoms with Gasteiger partial charge in [-0.05, 0) is 49.4 Å². The SMILES string of the molecule is Cc1ccc(-n2c(SCC(=O)N/N=C\C=C\c3ccccc3[N+](=O)[O-])nc3ccccc3c2=O)cc1. The predicted molar refractivity (Wildman–Crippen MR) is 142 cm³/mol. The van der Waals surface area contributed by atoms with Gasteiger partial charge in [0.05, 0.1) is 32.8 Å². The average molecular weight is 500 g/mol. The first-order valence-electron chi connectivity index (χ1n) is 10.9. The Labute approximate surface area is 210 Å². The van der Waals surface area contributed by atoms with Crippen LogP contribution in [0, 0.1) is 17.0 Å². The van der Waals surface area contributed by atoms with Crippen LogP contribution in [-0.2, 0) is 4.79 Å². The standard InChI is InChI=1S/C26H21N5O4S/c1-18-12-14-20(15-13-18)30-25(33)21-9-3-4-10-22(21)28-26(30)36-17-24(32)29-27-16-6-8-19-7-2-5-11-23(19)31(34)35/h2-16H,17H2,1H3,(H,29,32)/b8-6+,27-16-. The molecular weight excluding hydrogens is 478 g/mol. The van der Waals surface area contributed by atoms with Crippen molar-refractivity contribution in [3.8, 4) is 5.69 Å². The monoisotopic (exact) mass is 499 g/mol. The van der Waals surface area contributed by atoms with Gasteiger partial charge in [0.1, 0.15) is 0 Å². The first-order valence-corrected chi connectivity index (χ1v) is 11.9. The topological polar surface area (TPSA) is 119 Å². The summed E-state index contributed by atoms with van der Waals surface area (Å²) in [5, 5.41) is 15.8. The molecule has 0 bridgehead atoms. The van der Waals surface area contributed by atoms with E-state index < -0.39 is 10.8 Å². The maximum Gasteiger partial charge on any atom is 0.276 e. The van der Waals surface area contributed by atoms with E-state index in [4.69, 9.17) is 0 Å². The molecule has 0 aliphatic rings. The fourth-order valence-electron chi connectivity index (χ4n) is 3.39. The molecule has 1 heterocycles. The molecule has 0 saturated carbocycles. The number of para-hydroxylation sites is 2. The van der Waals surface area contributed by atoms with Crippen LogP contribution in [-0.4, -0.2) is 32.3 Å². The van der Waals surface area contributed by atoms with Gasteiger partial charge in [0, 0.05) is 12.3 Å². The van der Waals surface area contributed by atoms with Crippen molar-refractivity contribution in [3.63, 3.8) is 0 Å². The molecule has 1 N–H and O–H groups in total. The van der Waals surface area contributed by atoms with Crippen LogP contribution in [0.2, 0.25) is 0 Å².